The van der Waals surface area contributed by atoms with Crippen LogP contribution in [0.1, 0.15) is 31.2 Å². The van der Waals surface area contributed by atoms with E-state index in [4.69, 9.17) is 0 Å². The molecule has 2 aromatic carbocycles. The Kier molecular flexibility index (Phi) is 6.87. The molecule has 6 nitrogen and oxygen atoms in total. The minimum Gasteiger partial charge on any atom is -0.481 e. The topological polar surface area (TPSA) is 72.9 Å². The van der Waals surface area contributed by atoms with Gasteiger partial charge in [0, 0.05) is 44.1 Å². The first-order valence-corrected chi connectivity index (χ1v) is 11.2. The van der Waals surface area contributed by atoms with Crippen molar-refractivity contribution in [2.45, 2.75) is 32.2 Å². The number of benzene rings is 2. The van der Waals surface area contributed by atoms with Crippen molar-refractivity contribution >= 4 is 23.3 Å². The lowest BCUT2D eigenvalue weighted by Gasteiger charge is -2.36. The molecule has 1 heterocycles. The molecule has 0 radical (unpaired) electrons. The summed E-state index contributed by atoms with van der Waals surface area (Å²) >= 11 is 0. The highest BCUT2D eigenvalue weighted by Crippen LogP contribution is 2.31. The number of hydrogen-bond donors (Lipinski definition) is 2. The average molecular weight is 422 g/mol. The maximum absolute atomic E-state index is 12.7. The summed E-state index contributed by atoms with van der Waals surface area (Å²) in [6, 6.07) is 18.5. The average Bonchev–Trinajstić information content (AvgIpc) is 2.81. The van der Waals surface area contributed by atoms with Gasteiger partial charge in [0.15, 0.2) is 0 Å². The van der Waals surface area contributed by atoms with Crippen LogP contribution in [0.25, 0.3) is 0 Å². The number of aliphatic carboxylic acids is 1. The van der Waals surface area contributed by atoms with Crippen molar-refractivity contribution in [2.24, 2.45) is 11.8 Å². The zero-order chi connectivity index (χ0) is 21.6. The van der Waals surface area contributed by atoms with Gasteiger partial charge < -0.3 is 15.3 Å². The minimum atomic E-state index is -0.860. The number of carboxylic acids is 1. The molecular formula is C25H31N3O3. The first-order chi connectivity index (χ1) is 15.1. The van der Waals surface area contributed by atoms with E-state index in [-0.39, 0.29) is 5.91 Å². The molecule has 31 heavy (non-hydrogen) atoms. The van der Waals surface area contributed by atoms with E-state index in [9.17, 15) is 14.7 Å². The Morgan fingerprint density at radius 3 is 2.16 bits per heavy atom. The second-order valence-electron chi connectivity index (χ2n) is 8.62. The van der Waals surface area contributed by atoms with Gasteiger partial charge in [-0.25, -0.2) is 0 Å². The zero-order valence-electron chi connectivity index (χ0n) is 17.9. The van der Waals surface area contributed by atoms with Crippen LogP contribution in [0.2, 0.25) is 0 Å². The maximum atomic E-state index is 12.7. The number of rotatable bonds is 6. The van der Waals surface area contributed by atoms with E-state index in [1.807, 2.05) is 30.3 Å². The number of amides is 1. The Labute approximate surface area is 183 Å². The van der Waals surface area contributed by atoms with Crippen LogP contribution in [0.3, 0.4) is 0 Å². The molecule has 0 spiro atoms. The van der Waals surface area contributed by atoms with E-state index in [1.54, 1.807) is 0 Å². The molecule has 0 unspecified atom stereocenters. The summed E-state index contributed by atoms with van der Waals surface area (Å²) in [6.45, 7) is 4.97. The van der Waals surface area contributed by atoms with E-state index in [2.05, 4.69) is 39.4 Å². The Morgan fingerprint density at radius 2 is 1.52 bits per heavy atom. The Bertz CT molecular complexity index is 877. The molecule has 4 rings (SSSR count). The highest BCUT2D eigenvalue weighted by atomic mass is 16.4. The Hall–Kier alpha value is -2.86. The van der Waals surface area contributed by atoms with Gasteiger partial charge in [-0.2, -0.15) is 0 Å². The minimum absolute atomic E-state index is 0.172. The first kappa shape index (κ1) is 21.4. The second kappa shape index (κ2) is 9.96. The molecule has 6 heteroatoms. The number of carbonyl (C=O) groups excluding carboxylic acids is 1. The molecule has 2 N–H and O–H groups in total. The van der Waals surface area contributed by atoms with Crippen LogP contribution in [0.15, 0.2) is 54.6 Å². The standard InChI is InChI=1S/C25H31N3O3/c29-24(22-8-4-5-9-23(22)25(30)31)26-20-10-12-21(13-11-20)28-16-14-27(15-17-28)18-19-6-2-1-3-7-19/h1-3,6-7,10-13,22-23H,4-5,8-9,14-18H2,(H,26,29)(H,30,31)/t22-,23+/m1/s1. The van der Waals surface area contributed by atoms with Crippen molar-refractivity contribution in [3.63, 3.8) is 0 Å². The Morgan fingerprint density at radius 1 is 0.871 bits per heavy atom. The van der Waals surface area contributed by atoms with Crippen LogP contribution in [0.4, 0.5) is 11.4 Å². The number of piperazine rings is 1. The van der Waals surface area contributed by atoms with E-state index >= 15 is 0 Å². The van der Waals surface area contributed by atoms with Crippen molar-refractivity contribution in [3.8, 4) is 0 Å². The fourth-order valence-electron chi connectivity index (χ4n) is 4.74. The summed E-state index contributed by atoms with van der Waals surface area (Å²) in [5.41, 5.74) is 3.23. The number of nitrogens with zero attached hydrogens (tertiary/aromatic N) is 2. The summed E-state index contributed by atoms with van der Waals surface area (Å²) in [7, 11) is 0. The molecular weight excluding hydrogens is 390 g/mol. The summed E-state index contributed by atoms with van der Waals surface area (Å²) in [5.74, 6) is -2.04. The zero-order valence-corrected chi connectivity index (χ0v) is 17.9. The second-order valence-corrected chi connectivity index (χ2v) is 8.62. The van der Waals surface area contributed by atoms with Gasteiger partial charge >= 0.3 is 5.97 Å². The van der Waals surface area contributed by atoms with Gasteiger partial charge in [0.2, 0.25) is 5.91 Å². The largest absolute Gasteiger partial charge is 0.481 e. The third-order valence-electron chi connectivity index (χ3n) is 6.54. The van der Waals surface area contributed by atoms with E-state index in [1.165, 1.54) is 5.56 Å². The monoisotopic (exact) mass is 421 g/mol. The molecule has 1 saturated heterocycles. The predicted molar refractivity (Wildman–Crippen MR) is 122 cm³/mol. The maximum Gasteiger partial charge on any atom is 0.307 e. The Balaban J connectivity index is 1.29. The quantitative estimate of drug-likeness (QED) is 0.742. The van der Waals surface area contributed by atoms with Crippen molar-refractivity contribution < 1.29 is 14.7 Å². The van der Waals surface area contributed by atoms with Gasteiger partial charge in [-0.1, -0.05) is 43.2 Å². The fourth-order valence-corrected chi connectivity index (χ4v) is 4.74. The summed E-state index contributed by atoms with van der Waals surface area (Å²) < 4.78 is 0. The molecule has 2 aromatic rings. The van der Waals surface area contributed by atoms with Gasteiger partial charge in [-0.15, -0.1) is 0 Å². The first-order valence-electron chi connectivity index (χ1n) is 11.2. The normalized spacial score (nSPS) is 22.1. The van der Waals surface area contributed by atoms with Gasteiger partial charge in [0.05, 0.1) is 11.8 Å². The number of carbonyl (C=O) groups is 2. The molecule has 0 bridgehead atoms. The van der Waals surface area contributed by atoms with Crippen LogP contribution in [0, 0.1) is 11.8 Å². The van der Waals surface area contributed by atoms with Gasteiger partial charge in [0.1, 0.15) is 0 Å². The molecule has 1 amide bonds. The predicted octanol–water partition coefficient (Wildman–Crippen LogP) is 3.84. The molecule has 2 aliphatic rings. The van der Waals surface area contributed by atoms with Crippen LogP contribution >= 0.6 is 0 Å². The lowest BCUT2D eigenvalue weighted by Crippen LogP contribution is -2.45. The van der Waals surface area contributed by atoms with E-state index in [0.29, 0.717) is 12.8 Å². The lowest BCUT2D eigenvalue weighted by atomic mass is 9.78. The summed E-state index contributed by atoms with van der Waals surface area (Å²) in [5, 5.41) is 12.3. The number of anilines is 2. The fraction of sp³-hybridized carbons (Fsp3) is 0.440. The molecule has 1 aliphatic heterocycles. The van der Waals surface area contributed by atoms with E-state index in [0.717, 1.165) is 56.9 Å². The molecule has 1 aliphatic carbocycles. The third kappa shape index (κ3) is 5.44. The number of hydrogen-bond acceptors (Lipinski definition) is 4. The third-order valence-corrected chi connectivity index (χ3v) is 6.54. The van der Waals surface area contributed by atoms with E-state index < -0.39 is 17.8 Å². The molecule has 2 atom stereocenters. The van der Waals surface area contributed by atoms with Crippen molar-refractivity contribution in [2.75, 3.05) is 36.4 Å². The van der Waals surface area contributed by atoms with Gasteiger partial charge in [0.25, 0.3) is 0 Å². The lowest BCUT2D eigenvalue weighted by molar-refractivity contribution is -0.147. The summed E-state index contributed by atoms with van der Waals surface area (Å²) in [4.78, 5) is 29.0. The van der Waals surface area contributed by atoms with Gasteiger partial charge in [-0.3, -0.25) is 14.5 Å². The number of carboxylic acid groups (broad SMARTS) is 1. The molecule has 2 fully saturated rings. The SMILES string of the molecule is O=C(O)[C@H]1CCCC[C@H]1C(=O)Nc1ccc(N2CCN(Cc3ccccc3)CC2)cc1. The van der Waals surface area contributed by atoms with Crippen molar-refractivity contribution in [3.05, 3.63) is 60.2 Å². The van der Waals surface area contributed by atoms with Crippen LogP contribution in [-0.4, -0.2) is 48.1 Å². The number of nitrogens with one attached hydrogen (secondary N) is 1. The highest BCUT2D eigenvalue weighted by molar-refractivity contribution is 5.95. The smallest absolute Gasteiger partial charge is 0.307 e. The van der Waals surface area contributed by atoms with Gasteiger partial charge in [-0.05, 0) is 42.7 Å². The van der Waals surface area contributed by atoms with Crippen LogP contribution < -0.4 is 10.2 Å². The van der Waals surface area contributed by atoms with Crippen molar-refractivity contribution in [1.29, 1.82) is 0 Å². The molecule has 1 saturated carbocycles. The van der Waals surface area contributed by atoms with Crippen LogP contribution in [-0.2, 0) is 16.1 Å². The molecule has 0 aromatic heterocycles. The van der Waals surface area contributed by atoms with Crippen molar-refractivity contribution in [1.82, 2.24) is 4.90 Å². The molecule has 164 valence electrons. The summed E-state index contributed by atoms with van der Waals surface area (Å²) in [6.07, 6.45) is 3.03. The van der Waals surface area contributed by atoms with Crippen LogP contribution in [0.5, 0.6) is 0 Å². The highest BCUT2D eigenvalue weighted by Gasteiger charge is 2.35.